The molecule has 2 aromatic carbocycles. The Labute approximate surface area is 143 Å². The summed E-state index contributed by atoms with van der Waals surface area (Å²) in [7, 11) is 1.86. The monoisotopic (exact) mass is 334 g/mol. The maximum Gasteiger partial charge on any atom is 0.224 e. The number of carbonyl (C=O) groups excluding carboxylic acids is 1. The van der Waals surface area contributed by atoms with E-state index in [2.05, 4.69) is 35.6 Å². The Morgan fingerprint density at radius 2 is 2.04 bits per heavy atom. The average molecular weight is 335 g/mol. The number of benzene rings is 2. The fourth-order valence-electron chi connectivity index (χ4n) is 2.82. The second-order valence-corrected chi connectivity index (χ2v) is 5.86. The molecule has 124 valence electrons. The first-order valence-corrected chi connectivity index (χ1v) is 7.75. The highest BCUT2D eigenvalue weighted by Gasteiger charge is 2.19. The van der Waals surface area contributed by atoms with E-state index in [1.807, 2.05) is 19.2 Å². The lowest BCUT2D eigenvalue weighted by atomic mass is 10.1. The molecule has 1 N–H and O–H groups in total. The van der Waals surface area contributed by atoms with Crippen molar-refractivity contribution in [3.63, 3.8) is 0 Å². The highest BCUT2D eigenvalue weighted by atomic mass is 35.5. The van der Waals surface area contributed by atoms with Crippen molar-refractivity contribution >= 4 is 29.1 Å². The number of nitrogens with one attached hydrogen (secondary N) is 1. The first-order valence-electron chi connectivity index (χ1n) is 7.75. The number of hydrogen-bond donors (Lipinski definition) is 1. The van der Waals surface area contributed by atoms with Gasteiger partial charge in [-0.15, -0.1) is 12.4 Å². The molecule has 0 radical (unpaired) electrons. The van der Waals surface area contributed by atoms with Crippen LogP contribution in [0, 0.1) is 0 Å². The van der Waals surface area contributed by atoms with E-state index >= 15 is 0 Å². The van der Waals surface area contributed by atoms with Crippen molar-refractivity contribution < 1.29 is 9.53 Å². The van der Waals surface area contributed by atoms with Crippen LogP contribution in [-0.2, 0) is 16.1 Å². The van der Waals surface area contributed by atoms with E-state index in [0.717, 1.165) is 18.7 Å². The molecule has 0 bridgehead atoms. The van der Waals surface area contributed by atoms with Gasteiger partial charge in [-0.05, 0) is 22.4 Å². The topological polar surface area (TPSA) is 41.6 Å². The summed E-state index contributed by atoms with van der Waals surface area (Å²) in [6, 6.07) is 14.8. The lowest BCUT2D eigenvalue weighted by Crippen LogP contribution is -2.44. The molecular formula is C18H23ClN2O2. The molecule has 1 amide bonds. The molecular weight excluding hydrogens is 312 g/mol. The third kappa shape index (κ3) is 4.67. The fourth-order valence-corrected chi connectivity index (χ4v) is 2.82. The minimum atomic E-state index is 0. The molecule has 1 fully saturated rings. The van der Waals surface area contributed by atoms with Crippen LogP contribution in [0.2, 0.25) is 0 Å². The maximum absolute atomic E-state index is 12.3. The van der Waals surface area contributed by atoms with Crippen molar-refractivity contribution in [3.8, 4) is 0 Å². The van der Waals surface area contributed by atoms with Gasteiger partial charge < -0.3 is 15.0 Å². The van der Waals surface area contributed by atoms with Crippen molar-refractivity contribution in [1.82, 2.24) is 10.2 Å². The highest BCUT2D eigenvalue weighted by molar-refractivity contribution is 5.85. The lowest BCUT2D eigenvalue weighted by molar-refractivity contribution is -0.131. The van der Waals surface area contributed by atoms with Gasteiger partial charge in [-0.3, -0.25) is 4.79 Å². The van der Waals surface area contributed by atoms with Gasteiger partial charge in [0.15, 0.2) is 0 Å². The van der Waals surface area contributed by atoms with E-state index in [-0.39, 0.29) is 24.4 Å². The highest BCUT2D eigenvalue weighted by Crippen LogP contribution is 2.17. The first-order chi connectivity index (χ1) is 10.7. The maximum atomic E-state index is 12.3. The summed E-state index contributed by atoms with van der Waals surface area (Å²) in [5, 5.41) is 5.76. The lowest BCUT2D eigenvalue weighted by Gasteiger charge is -2.25. The van der Waals surface area contributed by atoms with Crippen LogP contribution in [0.3, 0.4) is 0 Å². The Bertz CT molecular complexity index is 656. The fraction of sp³-hybridized carbons (Fsp3) is 0.389. The number of nitrogens with zero attached hydrogens (tertiary/aromatic N) is 1. The van der Waals surface area contributed by atoms with Gasteiger partial charge in [-0.2, -0.15) is 0 Å². The van der Waals surface area contributed by atoms with Crippen LogP contribution < -0.4 is 5.32 Å². The Hall–Kier alpha value is -1.62. The van der Waals surface area contributed by atoms with Crippen molar-refractivity contribution in [2.45, 2.75) is 19.0 Å². The average Bonchev–Trinajstić information content (AvgIpc) is 2.55. The third-order valence-electron chi connectivity index (χ3n) is 4.08. The molecule has 4 nitrogen and oxygen atoms in total. The van der Waals surface area contributed by atoms with Gasteiger partial charge in [0.2, 0.25) is 5.91 Å². The molecule has 0 saturated carbocycles. The third-order valence-corrected chi connectivity index (χ3v) is 4.08. The summed E-state index contributed by atoms with van der Waals surface area (Å²) < 4.78 is 5.40. The quantitative estimate of drug-likeness (QED) is 0.934. The minimum absolute atomic E-state index is 0. The zero-order chi connectivity index (χ0) is 15.4. The summed E-state index contributed by atoms with van der Waals surface area (Å²) in [6.45, 7) is 2.82. The van der Waals surface area contributed by atoms with E-state index in [1.165, 1.54) is 10.8 Å². The largest absolute Gasteiger partial charge is 0.378 e. The Kier molecular flexibility index (Phi) is 6.39. The predicted molar refractivity (Wildman–Crippen MR) is 94.9 cm³/mol. The number of halogens is 1. The van der Waals surface area contributed by atoms with Gasteiger partial charge >= 0.3 is 0 Å². The van der Waals surface area contributed by atoms with Crippen molar-refractivity contribution in [3.05, 3.63) is 48.0 Å². The van der Waals surface area contributed by atoms with E-state index in [0.29, 0.717) is 19.6 Å². The van der Waals surface area contributed by atoms with Gasteiger partial charge in [-0.25, -0.2) is 0 Å². The zero-order valence-electron chi connectivity index (χ0n) is 13.3. The molecule has 2 aromatic rings. The molecule has 5 heteroatoms. The molecule has 1 atom stereocenters. The van der Waals surface area contributed by atoms with Crippen LogP contribution in [0.1, 0.15) is 12.0 Å². The molecule has 1 unspecified atom stereocenters. The zero-order valence-corrected chi connectivity index (χ0v) is 14.1. The van der Waals surface area contributed by atoms with Gasteiger partial charge in [0, 0.05) is 32.6 Å². The molecule has 3 rings (SSSR count). The Balaban J connectivity index is 0.00000192. The number of carbonyl (C=O) groups is 1. The molecule has 0 aliphatic carbocycles. The number of fused-ring (bicyclic) bond motifs is 1. The predicted octanol–water partition coefficient (Wildman–Crippen LogP) is 2.60. The van der Waals surface area contributed by atoms with E-state index in [4.69, 9.17) is 4.74 Å². The molecule has 0 aromatic heterocycles. The van der Waals surface area contributed by atoms with Gasteiger partial charge in [0.1, 0.15) is 0 Å². The van der Waals surface area contributed by atoms with Crippen molar-refractivity contribution in [1.29, 1.82) is 0 Å². The smallest absolute Gasteiger partial charge is 0.224 e. The Morgan fingerprint density at radius 1 is 1.26 bits per heavy atom. The van der Waals surface area contributed by atoms with E-state index in [9.17, 15) is 4.79 Å². The van der Waals surface area contributed by atoms with Crippen molar-refractivity contribution in [2.24, 2.45) is 0 Å². The molecule has 23 heavy (non-hydrogen) atoms. The molecule has 0 spiro atoms. The summed E-state index contributed by atoms with van der Waals surface area (Å²) >= 11 is 0. The second kappa shape index (κ2) is 8.29. The van der Waals surface area contributed by atoms with Crippen LogP contribution in [0.4, 0.5) is 0 Å². The SMILES string of the molecule is CN(Cc1ccc2ccccc2c1)C(=O)CC1COCCN1.Cl. The molecule has 1 saturated heterocycles. The van der Waals surface area contributed by atoms with E-state index in [1.54, 1.807) is 4.90 Å². The standard InChI is InChI=1S/C18H22N2O2.ClH/c1-20(18(21)11-17-13-22-9-8-19-17)12-14-6-7-15-4-2-3-5-16(15)10-14;/h2-7,10,17,19H,8-9,11-13H2,1H3;1H. The summed E-state index contributed by atoms with van der Waals surface area (Å²) in [6.07, 6.45) is 0.490. The Morgan fingerprint density at radius 3 is 2.78 bits per heavy atom. The van der Waals surface area contributed by atoms with Crippen LogP contribution in [0.5, 0.6) is 0 Å². The molecule has 1 aliphatic heterocycles. The molecule has 1 heterocycles. The minimum Gasteiger partial charge on any atom is -0.378 e. The van der Waals surface area contributed by atoms with Gasteiger partial charge in [-0.1, -0.05) is 36.4 Å². The number of ether oxygens (including phenoxy) is 1. The number of hydrogen-bond acceptors (Lipinski definition) is 3. The van der Waals surface area contributed by atoms with E-state index < -0.39 is 0 Å². The van der Waals surface area contributed by atoms with Crippen molar-refractivity contribution in [2.75, 3.05) is 26.8 Å². The van der Waals surface area contributed by atoms with Gasteiger partial charge in [0.05, 0.1) is 13.2 Å². The van der Waals surface area contributed by atoms with Crippen LogP contribution in [0.25, 0.3) is 10.8 Å². The number of rotatable bonds is 4. The summed E-state index contributed by atoms with van der Waals surface area (Å²) in [4.78, 5) is 14.1. The second-order valence-electron chi connectivity index (χ2n) is 5.86. The van der Waals surface area contributed by atoms with Crippen LogP contribution >= 0.6 is 12.4 Å². The normalized spacial score (nSPS) is 17.5. The van der Waals surface area contributed by atoms with Crippen LogP contribution in [0.15, 0.2) is 42.5 Å². The number of amides is 1. The summed E-state index contributed by atoms with van der Waals surface area (Å²) in [5.41, 5.74) is 1.16. The summed E-state index contributed by atoms with van der Waals surface area (Å²) in [5.74, 6) is 0.149. The first kappa shape index (κ1) is 17.7. The van der Waals surface area contributed by atoms with Gasteiger partial charge in [0.25, 0.3) is 0 Å². The van der Waals surface area contributed by atoms with Crippen LogP contribution in [-0.4, -0.2) is 43.7 Å². The number of morpholine rings is 1. The molecule has 1 aliphatic rings.